The van der Waals surface area contributed by atoms with Crippen molar-refractivity contribution in [2.45, 2.75) is 31.7 Å². The van der Waals surface area contributed by atoms with Crippen LogP contribution >= 0.6 is 11.8 Å². The predicted octanol–water partition coefficient (Wildman–Crippen LogP) is 2.39. The lowest BCUT2D eigenvalue weighted by Gasteiger charge is -2.11. The van der Waals surface area contributed by atoms with Crippen LogP contribution in [-0.2, 0) is 5.75 Å². The Morgan fingerprint density at radius 3 is 2.75 bits per heavy atom. The van der Waals surface area contributed by atoms with Crippen molar-refractivity contribution in [1.29, 1.82) is 0 Å². The van der Waals surface area contributed by atoms with E-state index in [1.807, 2.05) is 13.8 Å². The third-order valence-electron chi connectivity index (χ3n) is 2.94. The van der Waals surface area contributed by atoms with Gasteiger partial charge in [0.25, 0.3) is 5.56 Å². The fourth-order valence-electron chi connectivity index (χ4n) is 1.97. The van der Waals surface area contributed by atoms with Crippen molar-refractivity contribution in [2.24, 2.45) is 0 Å². The molecule has 0 saturated carbocycles. The number of hydrogen-bond acceptors (Lipinski definition) is 5. The average Bonchev–Trinajstić information content (AvgIpc) is 2.37. The molecule has 5 nitrogen and oxygen atoms in total. The number of nitrogens with zero attached hydrogens (tertiary/aromatic N) is 2. The fraction of sp³-hybridized carbons (Fsp3) is 0.357. The van der Waals surface area contributed by atoms with Gasteiger partial charge in [-0.2, -0.15) is 0 Å². The van der Waals surface area contributed by atoms with E-state index in [4.69, 9.17) is 4.74 Å². The molecule has 0 atom stereocenters. The highest BCUT2D eigenvalue weighted by molar-refractivity contribution is 7.98. The molecule has 1 N–H and O–H groups in total. The zero-order valence-electron chi connectivity index (χ0n) is 12.0. The van der Waals surface area contributed by atoms with Crippen LogP contribution in [0.4, 0.5) is 0 Å². The minimum absolute atomic E-state index is 0.133. The van der Waals surface area contributed by atoms with Crippen molar-refractivity contribution in [2.75, 3.05) is 7.11 Å². The molecular weight excluding hydrogens is 274 g/mol. The van der Waals surface area contributed by atoms with Crippen molar-refractivity contribution < 1.29 is 4.74 Å². The van der Waals surface area contributed by atoms with Crippen LogP contribution in [0.1, 0.15) is 22.5 Å². The second-order valence-electron chi connectivity index (χ2n) is 4.53. The van der Waals surface area contributed by atoms with Crippen molar-refractivity contribution in [3.63, 3.8) is 0 Å². The van der Waals surface area contributed by atoms with Crippen LogP contribution in [0.5, 0.6) is 5.75 Å². The Balaban J connectivity index is 2.21. The molecule has 0 amide bonds. The summed E-state index contributed by atoms with van der Waals surface area (Å²) < 4.78 is 5.38. The molecule has 0 spiro atoms. The van der Waals surface area contributed by atoms with E-state index >= 15 is 0 Å². The molecule has 2 rings (SSSR count). The number of pyridine rings is 1. The number of H-pyrrole nitrogens is 1. The maximum atomic E-state index is 11.4. The van der Waals surface area contributed by atoms with Crippen molar-refractivity contribution in [3.8, 4) is 5.75 Å². The number of rotatable bonds is 4. The van der Waals surface area contributed by atoms with Gasteiger partial charge in [0.05, 0.1) is 12.8 Å². The Labute approximate surface area is 121 Å². The quantitative estimate of drug-likeness (QED) is 0.692. The van der Waals surface area contributed by atoms with E-state index in [0.29, 0.717) is 16.6 Å². The standard InChI is InChI=1S/C14H17N3O2S/c1-8-6-15-11(10(3)13(8)19-4)7-20-14-16-9(2)5-12(18)17-14/h5-6H,7H2,1-4H3,(H,16,17,18). The summed E-state index contributed by atoms with van der Waals surface area (Å²) in [5.74, 6) is 1.50. The normalized spacial score (nSPS) is 10.6. The Hall–Kier alpha value is -1.82. The summed E-state index contributed by atoms with van der Waals surface area (Å²) in [7, 11) is 1.66. The van der Waals surface area contributed by atoms with E-state index in [1.165, 1.54) is 17.8 Å². The summed E-state index contributed by atoms with van der Waals surface area (Å²) in [4.78, 5) is 22.8. The first-order valence-corrected chi connectivity index (χ1v) is 7.19. The monoisotopic (exact) mass is 291 g/mol. The molecule has 0 unspecified atom stereocenters. The number of aromatic amines is 1. The van der Waals surface area contributed by atoms with Gasteiger partial charge in [-0.1, -0.05) is 11.8 Å². The first-order valence-electron chi connectivity index (χ1n) is 6.21. The molecule has 106 valence electrons. The van der Waals surface area contributed by atoms with Gasteiger partial charge in [0.1, 0.15) is 5.75 Å². The van der Waals surface area contributed by atoms with E-state index in [9.17, 15) is 4.79 Å². The van der Waals surface area contributed by atoms with Gasteiger partial charge in [0.15, 0.2) is 5.16 Å². The van der Waals surface area contributed by atoms with Gasteiger partial charge >= 0.3 is 0 Å². The summed E-state index contributed by atoms with van der Waals surface area (Å²) in [6, 6.07) is 1.47. The third-order valence-corrected chi connectivity index (χ3v) is 3.83. The second kappa shape index (κ2) is 6.09. The van der Waals surface area contributed by atoms with Gasteiger partial charge in [-0.05, 0) is 20.8 Å². The topological polar surface area (TPSA) is 67.9 Å². The Morgan fingerprint density at radius 1 is 1.35 bits per heavy atom. The van der Waals surface area contributed by atoms with Crippen LogP contribution < -0.4 is 10.3 Å². The van der Waals surface area contributed by atoms with Crippen molar-refractivity contribution in [3.05, 3.63) is 45.1 Å². The van der Waals surface area contributed by atoms with Crippen LogP contribution in [0.15, 0.2) is 22.2 Å². The number of thioether (sulfide) groups is 1. The number of aromatic nitrogens is 3. The number of aryl methyl sites for hydroxylation is 2. The molecule has 0 radical (unpaired) electrons. The highest BCUT2D eigenvalue weighted by Gasteiger charge is 2.10. The summed E-state index contributed by atoms with van der Waals surface area (Å²) >= 11 is 1.46. The molecular formula is C14H17N3O2S. The number of methoxy groups -OCH3 is 1. The number of ether oxygens (including phenoxy) is 1. The summed E-state index contributed by atoms with van der Waals surface area (Å²) in [6.07, 6.45) is 1.80. The van der Waals surface area contributed by atoms with Crippen molar-refractivity contribution >= 4 is 11.8 Å². The third kappa shape index (κ3) is 3.19. The Morgan fingerprint density at radius 2 is 2.10 bits per heavy atom. The highest BCUT2D eigenvalue weighted by atomic mass is 32.2. The van der Waals surface area contributed by atoms with Gasteiger partial charge in [0, 0.05) is 34.8 Å². The first-order chi connectivity index (χ1) is 9.51. The molecule has 2 aromatic rings. The molecule has 0 aliphatic heterocycles. The SMILES string of the molecule is COc1c(C)cnc(CSc2nc(C)cc(=O)[nH]2)c1C. The zero-order chi connectivity index (χ0) is 14.7. The molecule has 6 heteroatoms. The maximum Gasteiger partial charge on any atom is 0.251 e. The first kappa shape index (κ1) is 14.6. The van der Waals surface area contributed by atoms with E-state index in [2.05, 4.69) is 15.0 Å². The van der Waals surface area contributed by atoms with Gasteiger partial charge in [-0.25, -0.2) is 4.98 Å². The van der Waals surface area contributed by atoms with Gasteiger partial charge in [0.2, 0.25) is 0 Å². The average molecular weight is 291 g/mol. The minimum atomic E-state index is -0.133. The zero-order valence-corrected chi connectivity index (χ0v) is 12.8. The summed E-state index contributed by atoms with van der Waals surface area (Å²) in [5, 5.41) is 0.607. The molecule has 0 aliphatic rings. The molecule has 0 aliphatic carbocycles. The van der Waals surface area contributed by atoms with Gasteiger partial charge < -0.3 is 9.72 Å². The van der Waals surface area contributed by atoms with Crippen LogP contribution in [0.2, 0.25) is 0 Å². The molecule has 20 heavy (non-hydrogen) atoms. The van der Waals surface area contributed by atoms with Crippen LogP contribution in [0, 0.1) is 20.8 Å². The smallest absolute Gasteiger partial charge is 0.251 e. The van der Waals surface area contributed by atoms with E-state index in [1.54, 1.807) is 20.2 Å². The molecule has 2 heterocycles. The Kier molecular flexibility index (Phi) is 4.44. The molecule has 2 aromatic heterocycles. The molecule has 0 bridgehead atoms. The second-order valence-corrected chi connectivity index (χ2v) is 5.49. The van der Waals surface area contributed by atoms with E-state index in [-0.39, 0.29) is 5.56 Å². The maximum absolute atomic E-state index is 11.4. The lowest BCUT2D eigenvalue weighted by atomic mass is 10.1. The molecule has 0 saturated heterocycles. The largest absolute Gasteiger partial charge is 0.496 e. The minimum Gasteiger partial charge on any atom is -0.496 e. The van der Waals surface area contributed by atoms with Crippen molar-refractivity contribution in [1.82, 2.24) is 15.0 Å². The van der Waals surface area contributed by atoms with Crippen LogP contribution in [0.3, 0.4) is 0 Å². The fourth-order valence-corrected chi connectivity index (χ4v) is 2.92. The number of nitrogens with one attached hydrogen (secondary N) is 1. The van der Waals surface area contributed by atoms with Gasteiger partial charge in [-0.3, -0.25) is 9.78 Å². The van der Waals surface area contributed by atoms with Crippen LogP contribution in [-0.4, -0.2) is 22.1 Å². The van der Waals surface area contributed by atoms with E-state index < -0.39 is 0 Å². The lowest BCUT2D eigenvalue weighted by Crippen LogP contribution is -2.08. The summed E-state index contributed by atoms with van der Waals surface area (Å²) in [5.41, 5.74) is 3.55. The van der Waals surface area contributed by atoms with E-state index in [0.717, 1.165) is 22.6 Å². The molecule has 0 fully saturated rings. The summed E-state index contributed by atoms with van der Waals surface area (Å²) in [6.45, 7) is 5.76. The van der Waals surface area contributed by atoms with Gasteiger partial charge in [-0.15, -0.1) is 0 Å². The highest BCUT2D eigenvalue weighted by Crippen LogP contribution is 2.27. The molecule has 0 aromatic carbocycles. The number of hydrogen-bond donors (Lipinski definition) is 1. The predicted molar refractivity (Wildman–Crippen MR) is 79.4 cm³/mol. The lowest BCUT2D eigenvalue weighted by molar-refractivity contribution is 0.407. The van der Waals surface area contributed by atoms with Crippen LogP contribution in [0.25, 0.3) is 0 Å². The Bertz CT molecular complexity index is 683.